The van der Waals surface area contributed by atoms with Crippen molar-refractivity contribution in [1.29, 1.82) is 0 Å². The summed E-state index contributed by atoms with van der Waals surface area (Å²) in [5.74, 6) is 1.41. The van der Waals surface area contributed by atoms with E-state index in [9.17, 15) is 15.3 Å². The van der Waals surface area contributed by atoms with Gasteiger partial charge >= 0.3 is 0 Å². The number of anilines is 3. The minimum absolute atomic E-state index is 0.0856. The maximum absolute atomic E-state index is 10.4. The third-order valence-electron chi connectivity index (χ3n) is 5.73. The van der Waals surface area contributed by atoms with E-state index in [0.717, 1.165) is 28.2 Å². The number of hydrogen-bond donors (Lipinski definition) is 3. The average Bonchev–Trinajstić information content (AvgIpc) is 2.77. The zero-order valence-corrected chi connectivity index (χ0v) is 19.1. The Morgan fingerprint density at radius 2 is 1.21 bits per heavy atom. The van der Waals surface area contributed by atoms with Crippen LogP contribution in [-0.2, 0) is 0 Å². The molecule has 0 fully saturated rings. The summed E-state index contributed by atoms with van der Waals surface area (Å²) in [4.78, 5) is 1.97. The van der Waals surface area contributed by atoms with E-state index >= 15 is 0 Å². The van der Waals surface area contributed by atoms with Crippen molar-refractivity contribution in [3.63, 3.8) is 0 Å². The third-order valence-corrected chi connectivity index (χ3v) is 5.73. The van der Waals surface area contributed by atoms with Crippen molar-refractivity contribution in [2.45, 2.75) is 27.7 Å². The zero-order valence-electron chi connectivity index (χ0n) is 19.1. The van der Waals surface area contributed by atoms with Gasteiger partial charge in [-0.2, -0.15) is 0 Å². The number of nitrogens with zero attached hydrogens (tertiary/aromatic N) is 1. The van der Waals surface area contributed by atoms with Gasteiger partial charge in [-0.05, 0) is 81.3 Å². The van der Waals surface area contributed by atoms with Crippen molar-refractivity contribution in [3.05, 3.63) is 95.1 Å². The first kappa shape index (κ1) is 22.1. The molecule has 0 amide bonds. The van der Waals surface area contributed by atoms with Crippen LogP contribution in [0.5, 0.6) is 28.7 Å². The molecule has 0 radical (unpaired) electrons. The van der Waals surface area contributed by atoms with E-state index in [1.807, 2.05) is 75.1 Å². The highest BCUT2D eigenvalue weighted by Gasteiger charge is 2.20. The Morgan fingerprint density at radius 1 is 0.636 bits per heavy atom. The normalized spacial score (nSPS) is 10.8. The number of aryl methyl sites for hydroxylation is 2. The molecule has 0 bridgehead atoms. The van der Waals surface area contributed by atoms with E-state index in [1.54, 1.807) is 30.3 Å². The van der Waals surface area contributed by atoms with Crippen LogP contribution in [0.25, 0.3) is 0 Å². The summed E-state index contributed by atoms with van der Waals surface area (Å²) in [6.45, 7) is 7.52. The molecule has 4 aromatic rings. The quantitative estimate of drug-likeness (QED) is 0.303. The van der Waals surface area contributed by atoms with Crippen LogP contribution in [0, 0.1) is 27.7 Å². The van der Waals surface area contributed by atoms with Gasteiger partial charge in [0.15, 0.2) is 11.5 Å². The number of rotatable bonds is 5. The van der Waals surface area contributed by atoms with E-state index < -0.39 is 0 Å². The molecule has 168 valence electrons. The van der Waals surface area contributed by atoms with Gasteiger partial charge in [-0.3, -0.25) is 0 Å². The molecule has 5 heteroatoms. The van der Waals surface area contributed by atoms with Crippen molar-refractivity contribution in [3.8, 4) is 28.7 Å². The summed E-state index contributed by atoms with van der Waals surface area (Å²) in [6.07, 6.45) is 0. The van der Waals surface area contributed by atoms with Crippen LogP contribution in [0.1, 0.15) is 22.3 Å². The highest BCUT2D eigenvalue weighted by Crippen LogP contribution is 2.43. The van der Waals surface area contributed by atoms with Gasteiger partial charge in [0, 0.05) is 22.9 Å². The molecule has 0 saturated carbocycles. The molecule has 0 spiro atoms. The Bertz CT molecular complexity index is 1260. The van der Waals surface area contributed by atoms with Gasteiger partial charge in [0.05, 0.1) is 11.4 Å². The van der Waals surface area contributed by atoms with E-state index in [2.05, 4.69) is 0 Å². The van der Waals surface area contributed by atoms with Crippen LogP contribution in [-0.4, -0.2) is 15.3 Å². The van der Waals surface area contributed by atoms with Crippen molar-refractivity contribution in [2.24, 2.45) is 0 Å². The lowest BCUT2D eigenvalue weighted by atomic mass is 10.1. The zero-order chi connectivity index (χ0) is 23.7. The van der Waals surface area contributed by atoms with Gasteiger partial charge in [-0.1, -0.05) is 24.3 Å². The third kappa shape index (κ3) is 4.30. The topological polar surface area (TPSA) is 73.2 Å². The second-order valence-corrected chi connectivity index (χ2v) is 8.21. The predicted molar refractivity (Wildman–Crippen MR) is 132 cm³/mol. The second kappa shape index (κ2) is 8.79. The molecule has 0 aliphatic rings. The van der Waals surface area contributed by atoms with Crippen molar-refractivity contribution >= 4 is 17.1 Å². The van der Waals surface area contributed by atoms with Crippen molar-refractivity contribution in [1.82, 2.24) is 0 Å². The van der Waals surface area contributed by atoms with Crippen molar-refractivity contribution in [2.75, 3.05) is 4.90 Å². The number of aromatic hydroxyl groups is 3. The molecule has 0 aliphatic heterocycles. The Morgan fingerprint density at radius 3 is 1.79 bits per heavy atom. The molecular weight excluding hydrogens is 414 g/mol. The number of benzene rings is 4. The summed E-state index contributed by atoms with van der Waals surface area (Å²) < 4.78 is 6.09. The fourth-order valence-electron chi connectivity index (χ4n) is 3.98. The predicted octanol–water partition coefficient (Wildman–Crippen LogP) is 7.30. The standard InChI is InChI=1S/C28H27NO4/c1-17-14-18(2)28(27(32)15-17)33-22-9-5-8-21(16-22)29(23-10-6-12-25(30)19(23)3)24-11-7-13-26(31)20(24)4/h5-16,30-32H,1-4H3. The lowest BCUT2D eigenvalue weighted by Gasteiger charge is -2.29. The smallest absolute Gasteiger partial charge is 0.171 e. The summed E-state index contributed by atoms with van der Waals surface area (Å²) in [7, 11) is 0. The summed E-state index contributed by atoms with van der Waals surface area (Å²) in [5.41, 5.74) is 5.53. The van der Waals surface area contributed by atoms with Crippen LogP contribution < -0.4 is 9.64 Å². The first-order valence-corrected chi connectivity index (χ1v) is 10.7. The van der Waals surface area contributed by atoms with E-state index in [4.69, 9.17) is 4.74 Å². The Hall–Kier alpha value is -4.12. The number of phenols is 3. The SMILES string of the molecule is Cc1cc(C)c(Oc2cccc(N(c3cccc(O)c3C)c3cccc(O)c3C)c2)c(O)c1. The molecule has 0 atom stereocenters. The summed E-state index contributed by atoms with van der Waals surface area (Å²) in [5, 5.41) is 31.2. The van der Waals surface area contributed by atoms with Gasteiger partial charge in [0.1, 0.15) is 17.2 Å². The lowest BCUT2D eigenvalue weighted by Crippen LogP contribution is -2.12. The second-order valence-electron chi connectivity index (χ2n) is 8.21. The van der Waals surface area contributed by atoms with Gasteiger partial charge < -0.3 is 25.0 Å². The molecule has 33 heavy (non-hydrogen) atoms. The summed E-state index contributed by atoms with van der Waals surface area (Å²) in [6, 6.07) is 21.8. The fourth-order valence-corrected chi connectivity index (χ4v) is 3.98. The molecule has 0 unspecified atom stereocenters. The van der Waals surface area contributed by atoms with Crippen LogP contribution in [0.3, 0.4) is 0 Å². The highest BCUT2D eigenvalue weighted by molar-refractivity contribution is 5.82. The summed E-state index contributed by atoms with van der Waals surface area (Å²) >= 11 is 0. The maximum Gasteiger partial charge on any atom is 0.171 e. The van der Waals surface area contributed by atoms with Crippen molar-refractivity contribution < 1.29 is 20.1 Å². The molecule has 0 aromatic heterocycles. The molecule has 4 rings (SSSR count). The van der Waals surface area contributed by atoms with Gasteiger partial charge in [0.2, 0.25) is 0 Å². The molecule has 0 aliphatic carbocycles. The maximum atomic E-state index is 10.4. The molecule has 3 N–H and O–H groups in total. The lowest BCUT2D eigenvalue weighted by molar-refractivity contribution is 0.408. The molecule has 0 saturated heterocycles. The fraction of sp³-hybridized carbons (Fsp3) is 0.143. The van der Waals surface area contributed by atoms with Crippen LogP contribution >= 0.6 is 0 Å². The Kier molecular flexibility index (Phi) is 5.88. The Labute approximate surface area is 193 Å². The van der Waals surface area contributed by atoms with Crippen LogP contribution in [0.15, 0.2) is 72.8 Å². The van der Waals surface area contributed by atoms with Crippen LogP contribution in [0.2, 0.25) is 0 Å². The monoisotopic (exact) mass is 441 g/mol. The minimum Gasteiger partial charge on any atom is -0.508 e. The number of ether oxygens (including phenoxy) is 1. The van der Waals surface area contributed by atoms with Gasteiger partial charge in [0.25, 0.3) is 0 Å². The first-order valence-electron chi connectivity index (χ1n) is 10.7. The average molecular weight is 442 g/mol. The van der Waals surface area contributed by atoms with Gasteiger partial charge in [-0.15, -0.1) is 0 Å². The Balaban J connectivity index is 1.85. The van der Waals surface area contributed by atoms with E-state index in [0.29, 0.717) is 22.6 Å². The first-order chi connectivity index (χ1) is 15.8. The molecule has 0 heterocycles. The van der Waals surface area contributed by atoms with Crippen LogP contribution in [0.4, 0.5) is 17.1 Å². The largest absolute Gasteiger partial charge is 0.508 e. The van der Waals surface area contributed by atoms with E-state index in [1.165, 1.54) is 0 Å². The number of hydrogen-bond acceptors (Lipinski definition) is 5. The molecular formula is C28H27NO4. The molecule has 5 nitrogen and oxygen atoms in total. The highest BCUT2D eigenvalue weighted by atomic mass is 16.5. The van der Waals surface area contributed by atoms with E-state index in [-0.39, 0.29) is 17.2 Å². The molecule has 4 aromatic carbocycles. The number of phenolic OH excluding ortho intramolecular Hbond substituents is 3. The van der Waals surface area contributed by atoms with Gasteiger partial charge in [-0.25, -0.2) is 0 Å². The minimum atomic E-state index is 0.0856.